The highest BCUT2D eigenvalue weighted by atomic mass is 35.5. The Morgan fingerprint density at radius 1 is 1.50 bits per heavy atom. The molecule has 18 heavy (non-hydrogen) atoms. The molecule has 0 amide bonds. The fourth-order valence-corrected chi connectivity index (χ4v) is 1.61. The van der Waals surface area contributed by atoms with E-state index in [0.29, 0.717) is 0 Å². The van der Waals surface area contributed by atoms with Gasteiger partial charge in [0.25, 0.3) is 0 Å². The second-order valence-electron chi connectivity index (χ2n) is 3.35. The zero-order chi connectivity index (χ0) is 13.3. The first kappa shape index (κ1) is 12.4. The first-order valence-electron chi connectivity index (χ1n) is 4.76. The smallest absolute Gasteiger partial charge is 0.374 e. The van der Waals surface area contributed by atoms with Crippen molar-refractivity contribution in [2.24, 2.45) is 0 Å². The predicted molar refractivity (Wildman–Crippen MR) is 60.4 cm³/mol. The summed E-state index contributed by atoms with van der Waals surface area (Å²) in [5, 5.41) is 12.4. The van der Waals surface area contributed by atoms with Crippen molar-refractivity contribution in [1.29, 1.82) is 0 Å². The molecule has 7 heteroatoms. The fourth-order valence-electron chi connectivity index (χ4n) is 1.40. The molecule has 1 aromatic heterocycles. The number of halogens is 2. The average molecular weight is 272 g/mol. The van der Waals surface area contributed by atoms with E-state index >= 15 is 0 Å². The van der Waals surface area contributed by atoms with E-state index in [1.54, 1.807) is 0 Å². The number of benzene rings is 1. The summed E-state index contributed by atoms with van der Waals surface area (Å²) in [5.74, 6) is -2.42. The van der Waals surface area contributed by atoms with Crippen LogP contribution in [0.25, 0.3) is 11.3 Å². The van der Waals surface area contributed by atoms with Crippen LogP contribution in [-0.2, 0) is 0 Å². The molecule has 0 bridgehead atoms. The minimum atomic E-state index is -1.29. The Morgan fingerprint density at radius 2 is 2.22 bits per heavy atom. The monoisotopic (exact) mass is 271 g/mol. The number of hydrogen-bond donors (Lipinski definition) is 1. The van der Waals surface area contributed by atoms with Crippen molar-refractivity contribution in [3.63, 3.8) is 0 Å². The maximum absolute atomic E-state index is 13.9. The van der Waals surface area contributed by atoms with Crippen LogP contribution in [0.4, 0.5) is 4.39 Å². The number of methoxy groups -OCH3 is 1. The van der Waals surface area contributed by atoms with E-state index < -0.39 is 11.8 Å². The molecule has 0 saturated carbocycles. The number of nitrogens with zero attached hydrogens (tertiary/aromatic N) is 1. The molecule has 94 valence electrons. The van der Waals surface area contributed by atoms with Gasteiger partial charge in [-0.3, -0.25) is 0 Å². The summed E-state index contributed by atoms with van der Waals surface area (Å²) in [6.07, 6.45) is 0. The normalized spacial score (nSPS) is 10.4. The first-order chi connectivity index (χ1) is 8.52. The van der Waals surface area contributed by atoms with Crippen LogP contribution >= 0.6 is 11.6 Å². The molecule has 0 aliphatic heterocycles. The molecule has 2 rings (SSSR count). The molecule has 0 aliphatic rings. The zero-order valence-corrected chi connectivity index (χ0v) is 9.86. The van der Waals surface area contributed by atoms with Crippen molar-refractivity contribution in [1.82, 2.24) is 5.16 Å². The van der Waals surface area contributed by atoms with E-state index in [1.807, 2.05) is 0 Å². The quantitative estimate of drug-likeness (QED) is 0.929. The van der Waals surface area contributed by atoms with Crippen molar-refractivity contribution >= 4 is 17.6 Å². The highest BCUT2D eigenvalue weighted by molar-refractivity contribution is 6.31. The number of ether oxygens (including phenoxy) is 1. The summed E-state index contributed by atoms with van der Waals surface area (Å²) in [4.78, 5) is 10.6. The summed E-state index contributed by atoms with van der Waals surface area (Å²) in [5.41, 5.74) is 0.0429. The molecule has 1 N–H and O–H groups in total. The largest absolute Gasteiger partial charge is 0.494 e. The Labute approximate surface area is 106 Å². The lowest BCUT2D eigenvalue weighted by Gasteiger charge is -2.05. The third-order valence-electron chi connectivity index (χ3n) is 2.22. The Morgan fingerprint density at radius 3 is 2.78 bits per heavy atom. The maximum atomic E-state index is 13.9. The van der Waals surface area contributed by atoms with E-state index in [4.69, 9.17) is 21.4 Å². The fraction of sp³-hybridized carbons (Fsp3) is 0.0909. The van der Waals surface area contributed by atoms with Crippen molar-refractivity contribution in [3.8, 4) is 17.0 Å². The van der Waals surface area contributed by atoms with Crippen LogP contribution in [-0.4, -0.2) is 23.3 Å². The Kier molecular flexibility index (Phi) is 3.20. The van der Waals surface area contributed by atoms with Gasteiger partial charge in [0.1, 0.15) is 5.69 Å². The summed E-state index contributed by atoms with van der Waals surface area (Å²) < 4.78 is 23.3. The lowest BCUT2D eigenvalue weighted by atomic mass is 10.1. The van der Waals surface area contributed by atoms with Gasteiger partial charge < -0.3 is 14.4 Å². The van der Waals surface area contributed by atoms with Gasteiger partial charge in [0.15, 0.2) is 11.6 Å². The molecule has 0 fully saturated rings. The van der Waals surface area contributed by atoms with Crippen molar-refractivity contribution in [2.75, 3.05) is 7.11 Å². The molecule has 0 aliphatic carbocycles. The predicted octanol–water partition coefficient (Wildman–Crippen LogP) is 2.84. The van der Waals surface area contributed by atoms with Crippen molar-refractivity contribution < 1.29 is 23.6 Å². The minimum absolute atomic E-state index is 0.00981. The van der Waals surface area contributed by atoms with Gasteiger partial charge in [0, 0.05) is 22.7 Å². The summed E-state index contributed by atoms with van der Waals surface area (Å²) >= 11 is 5.80. The van der Waals surface area contributed by atoms with Gasteiger partial charge in [-0.1, -0.05) is 16.8 Å². The molecular weight excluding hydrogens is 265 g/mol. The standard InChI is InChI=1S/C11H7ClFNO4/c1-17-8-3-5(12)2-6(10(8)13)7-4-9(11(15)16)18-14-7/h2-4H,1H3,(H,15,16). The van der Waals surface area contributed by atoms with Gasteiger partial charge in [-0.25, -0.2) is 9.18 Å². The number of rotatable bonds is 3. The molecule has 0 saturated heterocycles. The average Bonchev–Trinajstić information content (AvgIpc) is 2.81. The van der Waals surface area contributed by atoms with Crippen molar-refractivity contribution in [2.45, 2.75) is 0 Å². The van der Waals surface area contributed by atoms with E-state index in [9.17, 15) is 9.18 Å². The van der Waals surface area contributed by atoms with Gasteiger partial charge in [0.05, 0.1) is 7.11 Å². The minimum Gasteiger partial charge on any atom is -0.494 e. The Hall–Kier alpha value is -2.08. The molecule has 5 nitrogen and oxygen atoms in total. The SMILES string of the molecule is COc1cc(Cl)cc(-c2cc(C(=O)O)on2)c1F. The highest BCUT2D eigenvalue weighted by Gasteiger charge is 2.18. The summed E-state index contributed by atoms with van der Waals surface area (Å²) in [6, 6.07) is 3.72. The summed E-state index contributed by atoms with van der Waals surface area (Å²) in [6.45, 7) is 0. The van der Waals surface area contributed by atoms with Gasteiger partial charge >= 0.3 is 5.97 Å². The van der Waals surface area contributed by atoms with Crippen LogP contribution in [0.15, 0.2) is 22.7 Å². The molecule has 1 aromatic carbocycles. The lowest BCUT2D eigenvalue weighted by molar-refractivity contribution is 0.0652. The molecule has 0 unspecified atom stereocenters. The maximum Gasteiger partial charge on any atom is 0.374 e. The van der Waals surface area contributed by atoms with Crippen LogP contribution in [0.3, 0.4) is 0 Å². The number of hydrogen-bond acceptors (Lipinski definition) is 4. The Balaban J connectivity index is 2.55. The lowest BCUT2D eigenvalue weighted by Crippen LogP contribution is -1.93. The molecule has 0 atom stereocenters. The number of aromatic nitrogens is 1. The van der Waals surface area contributed by atoms with Crippen molar-refractivity contribution in [3.05, 3.63) is 34.8 Å². The number of aromatic carboxylic acids is 1. The molecular formula is C11H7ClFNO4. The van der Waals surface area contributed by atoms with Crippen LogP contribution in [0.2, 0.25) is 5.02 Å². The first-order valence-corrected chi connectivity index (χ1v) is 5.14. The van der Waals surface area contributed by atoms with E-state index in [2.05, 4.69) is 9.68 Å². The van der Waals surface area contributed by atoms with E-state index in [-0.39, 0.29) is 27.8 Å². The Bertz CT molecular complexity index is 611. The number of carbonyl (C=O) groups is 1. The molecule has 1 heterocycles. The van der Waals surface area contributed by atoms with Gasteiger partial charge in [-0.2, -0.15) is 0 Å². The van der Waals surface area contributed by atoms with Gasteiger partial charge in [0.2, 0.25) is 5.76 Å². The van der Waals surface area contributed by atoms with Gasteiger partial charge in [-0.05, 0) is 6.07 Å². The number of carboxylic acid groups (broad SMARTS) is 1. The molecule has 0 radical (unpaired) electrons. The second kappa shape index (κ2) is 4.66. The topological polar surface area (TPSA) is 72.6 Å². The highest BCUT2D eigenvalue weighted by Crippen LogP contribution is 2.32. The van der Waals surface area contributed by atoms with Gasteiger partial charge in [-0.15, -0.1) is 0 Å². The third-order valence-corrected chi connectivity index (χ3v) is 2.44. The van der Waals surface area contributed by atoms with Crippen LogP contribution in [0.1, 0.15) is 10.6 Å². The van der Waals surface area contributed by atoms with Crippen LogP contribution < -0.4 is 4.74 Å². The zero-order valence-electron chi connectivity index (χ0n) is 9.11. The van der Waals surface area contributed by atoms with Crippen LogP contribution in [0.5, 0.6) is 5.75 Å². The van der Waals surface area contributed by atoms with E-state index in [0.717, 1.165) is 6.07 Å². The van der Waals surface area contributed by atoms with E-state index in [1.165, 1.54) is 19.2 Å². The molecule has 2 aromatic rings. The van der Waals surface area contributed by atoms with Crippen LogP contribution in [0, 0.1) is 5.82 Å². The number of carboxylic acids is 1. The second-order valence-corrected chi connectivity index (χ2v) is 3.79. The summed E-state index contributed by atoms with van der Waals surface area (Å²) in [7, 11) is 1.30. The molecule has 0 spiro atoms. The third kappa shape index (κ3) is 2.14.